The largest absolute Gasteiger partial charge is 0.479 e. The lowest BCUT2D eigenvalue weighted by molar-refractivity contribution is -0.160. The van der Waals surface area contributed by atoms with Gasteiger partial charge in [-0.05, 0) is 11.1 Å². The Hall–Kier alpha value is -2.28. The van der Waals surface area contributed by atoms with Gasteiger partial charge < -0.3 is 15.3 Å². The molecule has 0 spiro atoms. The van der Waals surface area contributed by atoms with Gasteiger partial charge in [0.25, 0.3) is 0 Å². The van der Waals surface area contributed by atoms with Crippen LogP contribution in [0.5, 0.6) is 0 Å². The molecule has 2 saturated heterocycles. The van der Waals surface area contributed by atoms with Crippen LogP contribution in [-0.2, 0) is 20.8 Å². The number of hydrogen-bond acceptors (Lipinski definition) is 4. The van der Waals surface area contributed by atoms with Gasteiger partial charge in [0.05, 0.1) is 6.42 Å². The Morgan fingerprint density at radius 2 is 2.04 bits per heavy atom. The number of amides is 2. The minimum Gasteiger partial charge on any atom is -0.479 e. The summed E-state index contributed by atoms with van der Waals surface area (Å²) in [5, 5.41) is 11.6. The fourth-order valence-electron chi connectivity index (χ4n) is 2.84. The maximum absolute atomic E-state index is 12.2. The van der Waals surface area contributed by atoms with Crippen molar-refractivity contribution in [2.45, 2.75) is 23.9 Å². The maximum atomic E-state index is 12.2. The van der Waals surface area contributed by atoms with Crippen LogP contribution in [0, 0.1) is 0 Å². The van der Waals surface area contributed by atoms with Gasteiger partial charge in [-0.3, -0.25) is 9.59 Å². The van der Waals surface area contributed by atoms with E-state index in [0.29, 0.717) is 11.3 Å². The van der Waals surface area contributed by atoms with Gasteiger partial charge in [-0.1, -0.05) is 36.9 Å². The summed E-state index contributed by atoms with van der Waals surface area (Å²) in [5.74, 6) is -1.22. The Balaban J connectivity index is 1.65. The lowest BCUT2D eigenvalue weighted by atomic mass is 9.98. The van der Waals surface area contributed by atoms with Crippen molar-refractivity contribution in [2.75, 3.05) is 5.75 Å². The number of fused-ring (bicyclic) bond motifs is 1. The van der Waals surface area contributed by atoms with Gasteiger partial charge in [-0.2, -0.15) is 0 Å². The summed E-state index contributed by atoms with van der Waals surface area (Å²) in [5.41, 5.74) is 1.36. The quantitative estimate of drug-likeness (QED) is 0.624. The second-order valence-electron chi connectivity index (χ2n) is 5.55. The predicted molar refractivity (Wildman–Crippen MR) is 85.7 cm³/mol. The number of hydrogen-bond donors (Lipinski definition) is 2. The number of carbonyl (C=O) groups is 3. The first kappa shape index (κ1) is 15.6. The molecule has 2 fully saturated rings. The number of nitrogens with zero attached hydrogens (tertiary/aromatic N) is 1. The van der Waals surface area contributed by atoms with E-state index >= 15 is 0 Å². The summed E-state index contributed by atoms with van der Waals surface area (Å²) in [6.45, 7) is 3.73. The molecule has 2 N–H and O–H groups in total. The number of carboxylic acids is 1. The average molecular weight is 332 g/mol. The Morgan fingerprint density at radius 1 is 1.35 bits per heavy atom. The second kappa shape index (κ2) is 6.08. The molecule has 0 radical (unpaired) electrons. The Kier molecular flexibility index (Phi) is 4.12. The Labute approximate surface area is 137 Å². The highest BCUT2D eigenvalue weighted by molar-refractivity contribution is 8.00. The highest BCUT2D eigenvalue weighted by atomic mass is 32.2. The smallest absolute Gasteiger partial charge is 0.330 e. The molecule has 120 valence electrons. The normalized spacial score (nSPS) is 26.3. The van der Waals surface area contributed by atoms with Gasteiger partial charge in [0.2, 0.25) is 11.8 Å². The number of benzene rings is 1. The number of β-lactam (4-membered cyclic amide) rings is 1. The van der Waals surface area contributed by atoms with Gasteiger partial charge in [0, 0.05) is 5.75 Å². The second-order valence-corrected chi connectivity index (χ2v) is 6.66. The van der Waals surface area contributed by atoms with Gasteiger partial charge in [-0.25, -0.2) is 4.79 Å². The van der Waals surface area contributed by atoms with E-state index in [1.165, 1.54) is 16.7 Å². The molecule has 23 heavy (non-hydrogen) atoms. The summed E-state index contributed by atoms with van der Waals surface area (Å²) >= 11 is 1.43. The number of carboxylic acid groups (broad SMARTS) is 1. The summed E-state index contributed by atoms with van der Waals surface area (Å²) in [6.07, 6.45) is 0.192. The zero-order valence-electron chi connectivity index (χ0n) is 12.3. The summed E-state index contributed by atoms with van der Waals surface area (Å²) in [6, 6.07) is 7.59. The first-order valence-electron chi connectivity index (χ1n) is 7.16. The van der Waals surface area contributed by atoms with E-state index in [4.69, 9.17) is 0 Å². The molecule has 7 heteroatoms. The van der Waals surface area contributed by atoms with Crippen molar-refractivity contribution in [2.24, 2.45) is 0 Å². The van der Waals surface area contributed by atoms with Gasteiger partial charge >= 0.3 is 5.97 Å². The third kappa shape index (κ3) is 2.84. The monoisotopic (exact) mass is 332 g/mol. The first-order chi connectivity index (χ1) is 11.0. The lowest BCUT2D eigenvalue weighted by Gasteiger charge is -2.52. The molecule has 2 heterocycles. The summed E-state index contributed by atoms with van der Waals surface area (Å²) in [7, 11) is 0. The minimum atomic E-state index is -1.08. The van der Waals surface area contributed by atoms with E-state index < -0.39 is 18.1 Å². The molecule has 0 unspecified atom stereocenters. The number of aliphatic carboxylic acids is 1. The number of carbonyl (C=O) groups excluding carboxylic acids is 2. The van der Waals surface area contributed by atoms with Crippen molar-refractivity contribution in [1.82, 2.24) is 10.2 Å². The standard InChI is InChI=1S/C16H16N2O4S/c1-9-8-23-15-12(14(20)18(15)13(9)16(21)22)17-11(19)7-10-5-3-2-4-6-10/h2-6,12-13,15H,1,7-8H2,(H,17,19)(H,21,22)/t12-,13-,15-/m1/s1. The van der Waals surface area contributed by atoms with Crippen LogP contribution in [0.15, 0.2) is 42.5 Å². The Morgan fingerprint density at radius 3 is 2.70 bits per heavy atom. The molecule has 0 saturated carbocycles. The van der Waals surface area contributed by atoms with Gasteiger partial charge in [-0.15, -0.1) is 11.8 Å². The summed E-state index contributed by atoms with van der Waals surface area (Å²) < 4.78 is 0. The molecule has 0 aliphatic carbocycles. The molecule has 0 bridgehead atoms. The molecule has 2 aliphatic heterocycles. The number of thioether (sulfide) groups is 1. The number of nitrogens with one attached hydrogen (secondary N) is 1. The average Bonchev–Trinajstić information content (AvgIpc) is 2.53. The maximum Gasteiger partial charge on any atom is 0.330 e. The third-order valence-electron chi connectivity index (χ3n) is 3.94. The van der Waals surface area contributed by atoms with Gasteiger partial charge in [0.15, 0.2) is 6.04 Å². The molecular weight excluding hydrogens is 316 g/mol. The van der Waals surface area contributed by atoms with Crippen molar-refractivity contribution in [1.29, 1.82) is 0 Å². The minimum absolute atomic E-state index is 0.192. The molecule has 6 nitrogen and oxygen atoms in total. The van der Waals surface area contributed by atoms with Crippen molar-refractivity contribution in [3.8, 4) is 0 Å². The molecule has 2 aliphatic rings. The van der Waals surface area contributed by atoms with Crippen LogP contribution >= 0.6 is 11.8 Å². The topological polar surface area (TPSA) is 86.7 Å². The van der Waals surface area contributed by atoms with Crippen LogP contribution in [0.3, 0.4) is 0 Å². The van der Waals surface area contributed by atoms with Crippen LogP contribution in [0.4, 0.5) is 0 Å². The molecule has 2 amide bonds. The van der Waals surface area contributed by atoms with Crippen LogP contribution in [-0.4, -0.2) is 51.0 Å². The predicted octanol–water partition coefficient (Wildman–Crippen LogP) is 0.638. The van der Waals surface area contributed by atoms with E-state index in [0.717, 1.165) is 5.56 Å². The van der Waals surface area contributed by atoms with E-state index in [2.05, 4.69) is 11.9 Å². The summed E-state index contributed by atoms with van der Waals surface area (Å²) in [4.78, 5) is 36.9. The Bertz CT molecular complexity index is 676. The fraction of sp³-hybridized carbons (Fsp3) is 0.312. The third-order valence-corrected chi connectivity index (χ3v) is 5.32. The van der Waals surface area contributed by atoms with E-state index in [1.54, 1.807) is 0 Å². The molecule has 3 rings (SSSR count). The highest BCUT2D eigenvalue weighted by Crippen LogP contribution is 2.39. The molecule has 0 aromatic heterocycles. The molecule has 1 aromatic carbocycles. The molecular formula is C16H16N2O4S. The SMILES string of the molecule is C=C1CS[C@@H]2[C@H](NC(=O)Cc3ccccc3)C(=O)N2[C@H]1C(=O)O. The van der Waals surface area contributed by atoms with Crippen LogP contribution in [0.1, 0.15) is 5.56 Å². The van der Waals surface area contributed by atoms with E-state index in [9.17, 15) is 19.5 Å². The van der Waals surface area contributed by atoms with Crippen molar-refractivity contribution in [3.05, 3.63) is 48.0 Å². The van der Waals surface area contributed by atoms with Crippen LogP contribution in [0.2, 0.25) is 0 Å². The van der Waals surface area contributed by atoms with Gasteiger partial charge in [0.1, 0.15) is 11.4 Å². The number of rotatable bonds is 4. The zero-order chi connectivity index (χ0) is 16.6. The van der Waals surface area contributed by atoms with Crippen LogP contribution in [0.25, 0.3) is 0 Å². The molecule has 3 atom stereocenters. The first-order valence-corrected chi connectivity index (χ1v) is 8.21. The van der Waals surface area contributed by atoms with Crippen molar-refractivity contribution in [3.63, 3.8) is 0 Å². The van der Waals surface area contributed by atoms with Crippen LogP contribution < -0.4 is 5.32 Å². The zero-order valence-corrected chi connectivity index (χ0v) is 13.1. The van der Waals surface area contributed by atoms with Crippen molar-refractivity contribution < 1.29 is 19.5 Å². The van der Waals surface area contributed by atoms with Crippen molar-refractivity contribution >= 4 is 29.5 Å². The lowest BCUT2D eigenvalue weighted by Crippen LogP contribution is -2.74. The van der Waals surface area contributed by atoms with E-state index in [1.807, 2.05) is 30.3 Å². The molecule has 1 aromatic rings. The fourth-order valence-corrected chi connectivity index (χ4v) is 4.14. The highest BCUT2D eigenvalue weighted by Gasteiger charge is 2.56. The van der Waals surface area contributed by atoms with E-state index in [-0.39, 0.29) is 23.6 Å².